The van der Waals surface area contributed by atoms with E-state index in [1.165, 1.54) is 12.1 Å². The molecule has 8 heteroatoms. The summed E-state index contributed by atoms with van der Waals surface area (Å²) in [5.41, 5.74) is 0.467. The summed E-state index contributed by atoms with van der Waals surface area (Å²) in [6.07, 6.45) is 4.90. The Morgan fingerprint density at radius 2 is 1.82 bits per heavy atom. The highest BCUT2D eigenvalue weighted by Crippen LogP contribution is 2.22. The van der Waals surface area contributed by atoms with Gasteiger partial charge < -0.3 is 4.90 Å². The molecule has 3 aromatic rings. The van der Waals surface area contributed by atoms with Gasteiger partial charge in [-0.25, -0.2) is 9.18 Å². The fourth-order valence-corrected chi connectivity index (χ4v) is 4.46. The van der Waals surface area contributed by atoms with Gasteiger partial charge in [0.05, 0.1) is 12.2 Å². The minimum Gasteiger partial charge on any atom is -0.337 e. The van der Waals surface area contributed by atoms with Crippen LogP contribution < -0.4 is 11.2 Å². The van der Waals surface area contributed by atoms with Crippen LogP contribution in [0.2, 0.25) is 0 Å². The zero-order valence-electron chi connectivity index (χ0n) is 19.8. The summed E-state index contributed by atoms with van der Waals surface area (Å²) in [4.78, 5) is 41.7. The molecule has 4 rings (SSSR count). The van der Waals surface area contributed by atoms with E-state index in [4.69, 9.17) is 0 Å². The van der Waals surface area contributed by atoms with Crippen molar-refractivity contribution in [3.05, 3.63) is 91.5 Å². The third kappa shape index (κ3) is 4.71. The standard InChI is InChI=1S/C26H29FN4O3/c1-17-8-7-9-19(14-17)16-30-25(33)23(24(32)29(3)20-10-5-4-6-11-20)28-31(26(30)34)21-13-12-18(2)22(27)15-21/h7-9,12-15,20H,4-6,10-11,16H2,1-3H3. The molecule has 1 aliphatic rings. The Kier molecular flexibility index (Phi) is 6.77. The number of nitrogens with zero attached hydrogens (tertiary/aromatic N) is 4. The van der Waals surface area contributed by atoms with Gasteiger partial charge in [0.15, 0.2) is 0 Å². The highest BCUT2D eigenvalue weighted by atomic mass is 19.1. The Balaban J connectivity index is 1.86. The molecule has 1 fully saturated rings. The predicted octanol–water partition coefficient (Wildman–Crippen LogP) is 3.60. The third-order valence-electron chi connectivity index (χ3n) is 6.53. The van der Waals surface area contributed by atoms with Gasteiger partial charge in [-0.2, -0.15) is 9.78 Å². The van der Waals surface area contributed by atoms with Crippen LogP contribution >= 0.6 is 0 Å². The molecular formula is C26H29FN4O3. The highest BCUT2D eigenvalue weighted by Gasteiger charge is 2.28. The summed E-state index contributed by atoms with van der Waals surface area (Å²) in [5, 5.41) is 4.16. The first-order valence-corrected chi connectivity index (χ1v) is 11.6. The van der Waals surface area contributed by atoms with E-state index in [1.54, 1.807) is 24.9 Å². The average Bonchev–Trinajstić information content (AvgIpc) is 2.83. The lowest BCUT2D eigenvalue weighted by atomic mass is 9.94. The summed E-state index contributed by atoms with van der Waals surface area (Å²) >= 11 is 0. The molecular weight excluding hydrogens is 435 g/mol. The van der Waals surface area contributed by atoms with Crippen molar-refractivity contribution in [3.8, 4) is 5.69 Å². The number of carbonyl (C=O) groups excluding carboxylic acids is 1. The van der Waals surface area contributed by atoms with Crippen LogP contribution in [0, 0.1) is 19.7 Å². The smallest absolute Gasteiger partial charge is 0.337 e. The van der Waals surface area contributed by atoms with Crippen molar-refractivity contribution in [2.75, 3.05) is 7.05 Å². The van der Waals surface area contributed by atoms with Crippen molar-refractivity contribution in [3.63, 3.8) is 0 Å². The van der Waals surface area contributed by atoms with Crippen LogP contribution in [0.15, 0.2) is 52.1 Å². The van der Waals surface area contributed by atoms with Crippen LogP contribution in [0.5, 0.6) is 0 Å². The number of aryl methyl sites for hydroxylation is 2. The molecule has 0 N–H and O–H groups in total. The average molecular weight is 465 g/mol. The third-order valence-corrected chi connectivity index (χ3v) is 6.53. The van der Waals surface area contributed by atoms with E-state index in [9.17, 15) is 18.8 Å². The number of amides is 1. The minimum absolute atomic E-state index is 0.0184. The van der Waals surface area contributed by atoms with Crippen LogP contribution in [-0.2, 0) is 6.54 Å². The molecule has 0 atom stereocenters. The number of hydrogen-bond acceptors (Lipinski definition) is 4. The van der Waals surface area contributed by atoms with Gasteiger partial charge in [-0.15, -0.1) is 0 Å². The minimum atomic E-state index is -0.747. The van der Waals surface area contributed by atoms with Gasteiger partial charge in [-0.05, 0) is 43.9 Å². The van der Waals surface area contributed by atoms with E-state index >= 15 is 0 Å². The SMILES string of the molecule is Cc1cccc(Cn2c(=O)c(C(=O)N(C)C3CCCCC3)nn(-c3ccc(C)c(F)c3)c2=O)c1. The second kappa shape index (κ2) is 9.75. The van der Waals surface area contributed by atoms with Crippen LogP contribution in [0.1, 0.15) is 59.3 Å². The summed E-state index contributed by atoms with van der Waals surface area (Å²) in [6, 6.07) is 11.7. The molecule has 0 radical (unpaired) electrons. The summed E-state index contributed by atoms with van der Waals surface area (Å²) < 4.78 is 16.3. The molecule has 178 valence electrons. The molecule has 7 nitrogen and oxygen atoms in total. The lowest BCUT2D eigenvalue weighted by Crippen LogP contribution is -2.48. The molecule has 1 aliphatic carbocycles. The van der Waals surface area contributed by atoms with E-state index in [-0.39, 0.29) is 24.0 Å². The quantitative estimate of drug-likeness (QED) is 0.578. The Morgan fingerprint density at radius 1 is 1.09 bits per heavy atom. The largest absolute Gasteiger partial charge is 0.352 e. The number of benzene rings is 2. The Morgan fingerprint density at radius 3 is 2.50 bits per heavy atom. The molecule has 0 saturated heterocycles. The van der Waals surface area contributed by atoms with E-state index in [0.717, 1.165) is 52.5 Å². The van der Waals surface area contributed by atoms with E-state index in [0.29, 0.717) is 5.56 Å². The van der Waals surface area contributed by atoms with Crippen LogP contribution in [0.3, 0.4) is 0 Å². The second-order valence-corrected chi connectivity index (χ2v) is 9.06. The van der Waals surface area contributed by atoms with Crippen molar-refractivity contribution in [1.82, 2.24) is 19.2 Å². The molecule has 1 heterocycles. The molecule has 34 heavy (non-hydrogen) atoms. The zero-order valence-corrected chi connectivity index (χ0v) is 19.8. The zero-order chi connectivity index (χ0) is 24.4. The first-order chi connectivity index (χ1) is 16.3. The fourth-order valence-electron chi connectivity index (χ4n) is 4.46. The van der Waals surface area contributed by atoms with E-state index < -0.39 is 23.0 Å². The highest BCUT2D eigenvalue weighted by molar-refractivity contribution is 5.91. The van der Waals surface area contributed by atoms with E-state index in [1.807, 2.05) is 31.2 Å². The second-order valence-electron chi connectivity index (χ2n) is 9.06. The van der Waals surface area contributed by atoms with Crippen molar-refractivity contribution < 1.29 is 9.18 Å². The maximum absolute atomic E-state index is 14.3. The van der Waals surface area contributed by atoms with Crippen LogP contribution in [0.25, 0.3) is 5.69 Å². The van der Waals surface area contributed by atoms with Gasteiger partial charge >= 0.3 is 5.69 Å². The summed E-state index contributed by atoms with van der Waals surface area (Å²) in [5.74, 6) is -1.04. The Labute approximate surface area is 197 Å². The van der Waals surface area contributed by atoms with Crippen molar-refractivity contribution >= 4 is 5.91 Å². The van der Waals surface area contributed by atoms with Gasteiger partial charge in [-0.1, -0.05) is 55.2 Å². The van der Waals surface area contributed by atoms with Gasteiger partial charge in [0.25, 0.3) is 11.5 Å². The number of rotatable bonds is 5. The van der Waals surface area contributed by atoms with Gasteiger partial charge in [0.2, 0.25) is 5.69 Å². The lowest BCUT2D eigenvalue weighted by molar-refractivity contribution is 0.0684. The Hall–Kier alpha value is -3.55. The fraction of sp³-hybridized carbons (Fsp3) is 0.385. The lowest BCUT2D eigenvalue weighted by Gasteiger charge is -2.30. The number of aromatic nitrogens is 3. The van der Waals surface area contributed by atoms with Crippen LogP contribution in [-0.4, -0.2) is 38.2 Å². The maximum Gasteiger partial charge on any atom is 0.352 e. The molecule has 0 aliphatic heterocycles. The molecule has 2 aromatic carbocycles. The topological polar surface area (TPSA) is 77.2 Å². The molecule has 1 saturated carbocycles. The number of carbonyl (C=O) groups is 1. The summed E-state index contributed by atoms with van der Waals surface area (Å²) in [7, 11) is 1.67. The van der Waals surface area contributed by atoms with Gasteiger partial charge in [-0.3, -0.25) is 14.2 Å². The van der Waals surface area contributed by atoms with Gasteiger partial charge in [0.1, 0.15) is 5.82 Å². The van der Waals surface area contributed by atoms with E-state index in [2.05, 4.69) is 5.10 Å². The van der Waals surface area contributed by atoms with Crippen LogP contribution in [0.4, 0.5) is 4.39 Å². The van der Waals surface area contributed by atoms with Crippen molar-refractivity contribution in [2.45, 2.75) is 58.5 Å². The summed E-state index contributed by atoms with van der Waals surface area (Å²) in [6.45, 7) is 3.51. The van der Waals surface area contributed by atoms with Crippen molar-refractivity contribution in [1.29, 1.82) is 0 Å². The molecule has 0 unspecified atom stereocenters. The maximum atomic E-state index is 14.3. The molecule has 1 amide bonds. The first-order valence-electron chi connectivity index (χ1n) is 11.6. The number of halogens is 1. The normalized spacial score (nSPS) is 14.2. The van der Waals surface area contributed by atoms with Crippen molar-refractivity contribution in [2.24, 2.45) is 0 Å². The molecule has 0 bridgehead atoms. The number of hydrogen-bond donors (Lipinski definition) is 0. The predicted molar refractivity (Wildman–Crippen MR) is 128 cm³/mol. The molecule has 1 aromatic heterocycles. The monoisotopic (exact) mass is 464 g/mol. The van der Waals surface area contributed by atoms with Gasteiger partial charge in [0, 0.05) is 19.2 Å². The Bertz CT molecular complexity index is 1340. The first kappa shape index (κ1) is 23.6. The molecule has 0 spiro atoms.